The highest BCUT2D eigenvalue weighted by Crippen LogP contribution is 2.31. The van der Waals surface area contributed by atoms with Crippen molar-refractivity contribution in [2.75, 3.05) is 12.8 Å². The minimum absolute atomic E-state index is 0.0419. The fourth-order valence-corrected chi connectivity index (χ4v) is 3.06. The molecule has 110 valence electrons. The SMILES string of the molecule is COc1ccc(C(=O)N(Cc2cccs2)C2CC2)cc1N. The molecule has 1 fully saturated rings. The second-order valence-electron chi connectivity index (χ2n) is 5.20. The molecule has 4 nitrogen and oxygen atoms in total. The van der Waals surface area contributed by atoms with Crippen molar-refractivity contribution in [3.8, 4) is 5.75 Å². The number of carbonyl (C=O) groups excluding carboxylic acids is 1. The van der Waals surface area contributed by atoms with Gasteiger partial charge in [0, 0.05) is 16.5 Å². The van der Waals surface area contributed by atoms with E-state index in [2.05, 4.69) is 6.07 Å². The van der Waals surface area contributed by atoms with Crippen LogP contribution >= 0.6 is 11.3 Å². The van der Waals surface area contributed by atoms with Gasteiger partial charge in [-0.25, -0.2) is 0 Å². The van der Waals surface area contributed by atoms with Crippen molar-refractivity contribution in [1.29, 1.82) is 0 Å². The van der Waals surface area contributed by atoms with Crippen LogP contribution in [0, 0.1) is 0 Å². The molecule has 1 aliphatic rings. The van der Waals surface area contributed by atoms with Crippen molar-refractivity contribution in [2.24, 2.45) is 0 Å². The normalized spacial score (nSPS) is 14.0. The average Bonchev–Trinajstić information content (AvgIpc) is 3.20. The summed E-state index contributed by atoms with van der Waals surface area (Å²) in [5, 5.41) is 2.04. The summed E-state index contributed by atoms with van der Waals surface area (Å²) in [6, 6.07) is 9.67. The van der Waals surface area contributed by atoms with Crippen LogP contribution in [0.25, 0.3) is 0 Å². The predicted molar refractivity (Wildman–Crippen MR) is 84.6 cm³/mol. The second-order valence-corrected chi connectivity index (χ2v) is 6.23. The number of ether oxygens (including phenoxy) is 1. The molecule has 0 radical (unpaired) electrons. The first-order chi connectivity index (χ1) is 10.2. The molecular formula is C16H18N2O2S. The number of nitrogens with two attached hydrogens (primary N) is 1. The number of carbonyl (C=O) groups is 1. The summed E-state index contributed by atoms with van der Waals surface area (Å²) >= 11 is 1.68. The van der Waals surface area contributed by atoms with Crippen molar-refractivity contribution >= 4 is 22.9 Å². The van der Waals surface area contributed by atoms with Crippen LogP contribution in [0.5, 0.6) is 5.75 Å². The van der Waals surface area contributed by atoms with Crippen LogP contribution in [0.4, 0.5) is 5.69 Å². The summed E-state index contributed by atoms with van der Waals surface area (Å²) in [5.74, 6) is 0.642. The maximum Gasteiger partial charge on any atom is 0.254 e. The number of hydrogen-bond acceptors (Lipinski definition) is 4. The zero-order chi connectivity index (χ0) is 14.8. The first-order valence-electron chi connectivity index (χ1n) is 6.96. The van der Waals surface area contributed by atoms with Gasteiger partial charge in [-0.3, -0.25) is 4.79 Å². The maximum atomic E-state index is 12.7. The van der Waals surface area contributed by atoms with E-state index in [4.69, 9.17) is 10.5 Å². The Hall–Kier alpha value is -2.01. The number of hydrogen-bond donors (Lipinski definition) is 1. The van der Waals surface area contributed by atoms with Gasteiger partial charge in [-0.15, -0.1) is 11.3 Å². The lowest BCUT2D eigenvalue weighted by Gasteiger charge is -2.22. The smallest absolute Gasteiger partial charge is 0.254 e. The van der Waals surface area contributed by atoms with E-state index in [1.165, 1.54) is 4.88 Å². The van der Waals surface area contributed by atoms with Crippen LogP contribution in [0.3, 0.4) is 0 Å². The molecule has 1 saturated carbocycles. The molecule has 5 heteroatoms. The van der Waals surface area contributed by atoms with Crippen LogP contribution in [0.2, 0.25) is 0 Å². The molecule has 0 unspecified atom stereocenters. The lowest BCUT2D eigenvalue weighted by molar-refractivity contribution is 0.0731. The van der Waals surface area contributed by atoms with Gasteiger partial charge >= 0.3 is 0 Å². The first kappa shape index (κ1) is 13.9. The van der Waals surface area contributed by atoms with Gasteiger partial charge in [0.1, 0.15) is 5.75 Å². The Labute approximate surface area is 128 Å². The molecule has 0 aliphatic heterocycles. The van der Waals surface area contributed by atoms with Gasteiger partial charge in [-0.05, 0) is 42.5 Å². The van der Waals surface area contributed by atoms with Gasteiger partial charge in [0.25, 0.3) is 5.91 Å². The topological polar surface area (TPSA) is 55.6 Å². The quantitative estimate of drug-likeness (QED) is 0.863. The Kier molecular flexibility index (Phi) is 3.84. The Morgan fingerprint density at radius 3 is 2.81 bits per heavy atom. The number of nitrogens with zero attached hydrogens (tertiary/aromatic N) is 1. The monoisotopic (exact) mass is 302 g/mol. The Balaban J connectivity index is 1.82. The molecule has 2 N–H and O–H groups in total. The molecule has 0 bridgehead atoms. The third-order valence-corrected chi connectivity index (χ3v) is 4.49. The van der Waals surface area contributed by atoms with E-state index in [-0.39, 0.29) is 5.91 Å². The Morgan fingerprint density at radius 1 is 1.43 bits per heavy atom. The molecular weight excluding hydrogens is 284 g/mol. The van der Waals surface area contributed by atoms with Gasteiger partial charge in [0.05, 0.1) is 19.3 Å². The zero-order valence-corrected chi connectivity index (χ0v) is 12.7. The number of thiophene rings is 1. The summed E-state index contributed by atoms with van der Waals surface area (Å²) in [7, 11) is 1.57. The highest BCUT2D eigenvalue weighted by molar-refractivity contribution is 7.09. The molecule has 21 heavy (non-hydrogen) atoms. The van der Waals surface area contributed by atoms with Gasteiger partial charge in [-0.1, -0.05) is 6.07 Å². The van der Waals surface area contributed by atoms with Crippen LogP contribution < -0.4 is 10.5 Å². The molecule has 1 aliphatic carbocycles. The standard InChI is InChI=1S/C16H18N2O2S/c1-20-15-7-4-11(9-14(15)17)16(19)18(12-5-6-12)10-13-3-2-8-21-13/h2-4,7-9,12H,5-6,10,17H2,1H3. The van der Waals surface area contributed by atoms with E-state index in [0.29, 0.717) is 29.6 Å². The molecule has 0 spiro atoms. The third-order valence-electron chi connectivity index (χ3n) is 3.63. The fraction of sp³-hybridized carbons (Fsp3) is 0.312. The van der Waals surface area contributed by atoms with Crippen LogP contribution in [-0.2, 0) is 6.54 Å². The lowest BCUT2D eigenvalue weighted by atomic mass is 10.1. The van der Waals surface area contributed by atoms with Crippen molar-refractivity contribution in [2.45, 2.75) is 25.4 Å². The van der Waals surface area contributed by atoms with Gasteiger partial charge < -0.3 is 15.4 Å². The molecule has 0 saturated heterocycles. The van der Waals surface area contributed by atoms with Gasteiger partial charge in [0.15, 0.2) is 0 Å². The van der Waals surface area contributed by atoms with E-state index < -0.39 is 0 Å². The van der Waals surface area contributed by atoms with E-state index in [9.17, 15) is 4.79 Å². The third kappa shape index (κ3) is 3.03. The minimum atomic E-state index is 0.0419. The molecule has 1 amide bonds. The minimum Gasteiger partial charge on any atom is -0.495 e. The number of nitrogen functional groups attached to an aromatic ring is 1. The highest BCUT2D eigenvalue weighted by Gasteiger charge is 2.33. The second kappa shape index (κ2) is 5.77. The molecule has 1 heterocycles. The summed E-state index contributed by atoms with van der Waals surface area (Å²) in [6.45, 7) is 0.674. The van der Waals surface area contributed by atoms with Crippen molar-refractivity contribution in [3.05, 3.63) is 46.2 Å². The summed E-state index contributed by atoms with van der Waals surface area (Å²) in [5.41, 5.74) is 7.02. The summed E-state index contributed by atoms with van der Waals surface area (Å²) < 4.78 is 5.14. The average molecular weight is 302 g/mol. The van der Waals surface area contributed by atoms with Crippen LogP contribution in [0.15, 0.2) is 35.7 Å². The fourth-order valence-electron chi connectivity index (χ4n) is 2.36. The molecule has 1 aromatic carbocycles. The van der Waals surface area contributed by atoms with E-state index in [1.54, 1.807) is 36.6 Å². The van der Waals surface area contributed by atoms with E-state index in [1.807, 2.05) is 16.3 Å². The van der Waals surface area contributed by atoms with E-state index >= 15 is 0 Å². The first-order valence-corrected chi connectivity index (χ1v) is 7.84. The van der Waals surface area contributed by atoms with E-state index in [0.717, 1.165) is 12.8 Å². The van der Waals surface area contributed by atoms with Crippen molar-refractivity contribution in [3.63, 3.8) is 0 Å². The zero-order valence-electron chi connectivity index (χ0n) is 11.9. The number of anilines is 1. The highest BCUT2D eigenvalue weighted by atomic mass is 32.1. The Morgan fingerprint density at radius 2 is 2.24 bits per heavy atom. The Bertz CT molecular complexity index is 636. The number of methoxy groups -OCH3 is 1. The molecule has 3 rings (SSSR count). The summed E-state index contributed by atoms with van der Waals surface area (Å²) in [6.07, 6.45) is 2.17. The maximum absolute atomic E-state index is 12.7. The van der Waals surface area contributed by atoms with Crippen LogP contribution in [-0.4, -0.2) is 24.0 Å². The van der Waals surface area contributed by atoms with Crippen LogP contribution in [0.1, 0.15) is 28.1 Å². The predicted octanol–water partition coefficient (Wildman–Crippen LogP) is 3.14. The number of benzene rings is 1. The van der Waals surface area contributed by atoms with Gasteiger partial charge in [-0.2, -0.15) is 0 Å². The van der Waals surface area contributed by atoms with Crippen molar-refractivity contribution in [1.82, 2.24) is 4.90 Å². The van der Waals surface area contributed by atoms with Gasteiger partial charge in [0.2, 0.25) is 0 Å². The number of amides is 1. The lowest BCUT2D eigenvalue weighted by Crippen LogP contribution is -2.32. The molecule has 1 aromatic heterocycles. The summed E-state index contributed by atoms with van der Waals surface area (Å²) in [4.78, 5) is 15.9. The van der Waals surface area contributed by atoms with Crippen molar-refractivity contribution < 1.29 is 9.53 Å². The largest absolute Gasteiger partial charge is 0.495 e. The number of rotatable bonds is 5. The molecule has 2 aromatic rings. The molecule has 0 atom stereocenters.